The summed E-state index contributed by atoms with van der Waals surface area (Å²) < 4.78 is 5.09. The van der Waals surface area contributed by atoms with Gasteiger partial charge in [0.15, 0.2) is 0 Å². The van der Waals surface area contributed by atoms with Crippen LogP contribution in [0.3, 0.4) is 0 Å². The van der Waals surface area contributed by atoms with Crippen molar-refractivity contribution in [3.8, 4) is 0 Å². The first-order valence-corrected chi connectivity index (χ1v) is 5.98. The van der Waals surface area contributed by atoms with Crippen molar-refractivity contribution in [1.29, 1.82) is 0 Å². The molecule has 0 saturated heterocycles. The van der Waals surface area contributed by atoms with Crippen LogP contribution < -0.4 is 0 Å². The van der Waals surface area contributed by atoms with Crippen molar-refractivity contribution in [1.82, 2.24) is 0 Å². The molecule has 14 heavy (non-hydrogen) atoms. The van der Waals surface area contributed by atoms with Gasteiger partial charge in [-0.3, -0.25) is 4.79 Å². The summed E-state index contributed by atoms with van der Waals surface area (Å²) in [6.45, 7) is 6.50. The highest BCUT2D eigenvalue weighted by Crippen LogP contribution is 2.23. The van der Waals surface area contributed by atoms with Crippen molar-refractivity contribution in [3.05, 3.63) is 0 Å². The number of hydrogen-bond acceptors (Lipinski definition) is 2. The fourth-order valence-corrected chi connectivity index (χ4v) is 1.67. The molecule has 0 atom stereocenters. The Morgan fingerprint density at radius 2 is 1.79 bits per heavy atom. The molecule has 1 rings (SSSR count). The van der Waals surface area contributed by atoms with Crippen molar-refractivity contribution < 1.29 is 9.53 Å². The Kier molecular flexibility index (Phi) is 8.70. The third-order valence-electron chi connectivity index (χ3n) is 2.49. The van der Waals surface area contributed by atoms with Gasteiger partial charge < -0.3 is 4.74 Å². The number of ether oxygens (including phenoxy) is 1. The summed E-state index contributed by atoms with van der Waals surface area (Å²) in [5, 5.41) is 0. The zero-order valence-corrected chi connectivity index (χ0v) is 9.84. The average molecular weight is 200 g/mol. The molecule has 2 heteroatoms. The van der Waals surface area contributed by atoms with E-state index in [0.29, 0.717) is 18.9 Å². The maximum atomic E-state index is 10.8. The second-order valence-corrected chi connectivity index (χ2v) is 3.54. The lowest BCUT2D eigenvalue weighted by Gasteiger charge is -2.20. The molecule has 1 fully saturated rings. The Morgan fingerprint density at radius 1 is 1.21 bits per heavy atom. The molecule has 84 valence electrons. The van der Waals surface area contributed by atoms with Gasteiger partial charge in [0.05, 0.1) is 6.61 Å². The van der Waals surface area contributed by atoms with Crippen LogP contribution in [0.2, 0.25) is 0 Å². The van der Waals surface area contributed by atoms with E-state index in [4.69, 9.17) is 4.74 Å². The maximum Gasteiger partial charge on any atom is 0.305 e. The highest BCUT2D eigenvalue weighted by atomic mass is 16.5. The zero-order valence-electron chi connectivity index (χ0n) is 9.84. The summed E-state index contributed by atoms with van der Waals surface area (Å²) in [6, 6.07) is 0. The smallest absolute Gasteiger partial charge is 0.305 e. The van der Waals surface area contributed by atoms with Gasteiger partial charge in [-0.2, -0.15) is 0 Å². The van der Waals surface area contributed by atoms with Crippen molar-refractivity contribution in [2.75, 3.05) is 6.61 Å². The minimum atomic E-state index is -0.0550. The van der Waals surface area contributed by atoms with Gasteiger partial charge in [0.25, 0.3) is 0 Å². The molecule has 0 heterocycles. The molecule has 0 unspecified atom stereocenters. The van der Waals surface area contributed by atoms with Crippen molar-refractivity contribution in [3.63, 3.8) is 0 Å². The van der Waals surface area contributed by atoms with Crippen LogP contribution in [0.15, 0.2) is 0 Å². The normalized spacial score (nSPS) is 16.8. The fraction of sp³-hybridized carbons (Fsp3) is 0.917. The Morgan fingerprint density at radius 3 is 2.29 bits per heavy atom. The summed E-state index contributed by atoms with van der Waals surface area (Å²) in [7, 11) is 0. The predicted molar refractivity (Wildman–Crippen MR) is 59.2 cm³/mol. The number of carbonyl (C=O) groups excluding carboxylic acids is 1. The molecule has 0 spiro atoms. The molecule has 0 aromatic heterocycles. The second kappa shape index (κ2) is 9.04. The first-order chi connectivity index (χ1) is 6.83. The van der Waals surface area contributed by atoms with Crippen LogP contribution in [0.1, 0.15) is 59.3 Å². The predicted octanol–water partition coefficient (Wildman–Crippen LogP) is 3.55. The maximum absolute atomic E-state index is 10.8. The Labute approximate surface area is 88.0 Å². The Balaban J connectivity index is 0.000000791. The highest BCUT2D eigenvalue weighted by molar-refractivity contribution is 5.68. The standard InChI is InChI=1S/C10H18O2.C2H6/c1-2-10(11)12-8-9-6-4-3-5-7-9;1-2/h9H,2-8H2,1H3;1-2H3. The third kappa shape index (κ3) is 6.01. The third-order valence-corrected chi connectivity index (χ3v) is 2.49. The van der Waals surface area contributed by atoms with Crippen LogP contribution in [0.4, 0.5) is 0 Å². The van der Waals surface area contributed by atoms with E-state index < -0.39 is 0 Å². The lowest BCUT2D eigenvalue weighted by atomic mass is 9.90. The quantitative estimate of drug-likeness (QED) is 0.651. The highest BCUT2D eigenvalue weighted by Gasteiger charge is 2.14. The van der Waals surface area contributed by atoms with E-state index in [0.717, 1.165) is 0 Å². The summed E-state index contributed by atoms with van der Waals surface area (Å²) in [5.41, 5.74) is 0. The van der Waals surface area contributed by atoms with Crippen LogP contribution in [-0.2, 0) is 9.53 Å². The molecule has 0 aromatic carbocycles. The van der Waals surface area contributed by atoms with Gasteiger partial charge in [-0.1, -0.05) is 40.0 Å². The zero-order chi connectivity index (χ0) is 10.8. The molecular weight excluding hydrogens is 176 g/mol. The number of rotatable bonds is 3. The fourth-order valence-electron chi connectivity index (χ4n) is 1.67. The van der Waals surface area contributed by atoms with Gasteiger partial charge in [-0.15, -0.1) is 0 Å². The van der Waals surface area contributed by atoms with Gasteiger partial charge in [-0.05, 0) is 18.8 Å². The second-order valence-electron chi connectivity index (χ2n) is 3.54. The number of esters is 1. The lowest BCUT2D eigenvalue weighted by molar-refractivity contribution is -0.144. The summed E-state index contributed by atoms with van der Waals surface area (Å²) in [4.78, 5) is 10.8. The molecule has 0 bridgehead atoms. The first-order valence-electron chi connectivity index (χ1n) is 5.98. The molecule has 0 aliphatic heterocycles. The monoisotopic (exact) mass is 200 g/mol. The van der Waals surface area contributed by atoms with Gasteiger partial charge >= 0.3 is 5.97 Å². The SMILES string of the molecule is CC.CCC(=O)OCC1CCCCC1. The summed E-state index contributed by atoms with van der Waals surface area (Å²) in [5.74, 6) is 0.592. The van der Waals surface area contributed by atoms with Gasteiger partial charge in [-0.25, -0.2) is 0 Å². The first kappa shape index (κ1) is 13.5. The van der Waals surface area contributed by atoms with E-state index in [1.165, 1.54) is 32.1 Å². The summed E-state index contributed by atoms with van der Waals surface area (Å²) >= 11 is 0. The molecule has 0 N–H and O–H groups in total. The van der Waals surface area contributed by atoms with E-state index in [1.807, 2.05) is 20.8 Å². The van der Waals surface area contributed by atoms with Gasteiger partial charge in [0.2, 0.25) is 0 Å². The van der Waals surface area contributed by atoms with E-state index in [9.17, 15) is 4.79 Å². The number of carbonyl (C=O) groups is 1. The topological polar surface area (TPSA) is 26.3 Å². The van der Waals surface area contributed by atoms with Crippen molar-refractivity contribution in [2.45, 2.75) is 59.3 Å². The minimum Gasteiger partial charge on any atom is -0.465 e. The van der Waals surface area contributed by atoms with Crippen LogP contribution in [0, 0.1) is 5.92 Å². The van der Waals surface area contributed by atoms with Crippen LogP contribution in [0.25, 0.3) is 0 Å². The van der Waals surface area contributed by atoms with Crippen LogP contribution in [0.5, 0.6) is 0 Å². The summed E-state index contributed by atoms with van der Waals surface area (Å²) in [6.07, 6.45) is 6.99. The molecule has 0 radical (unpaired) electrons. The largest absolute Gasteiger partial charge is 0.465 e. The molecule has 1 aliphatic rings. The molecule has 0 aromatic rings. The number of hydrogen-bond donors (Lipinski definition) is 0. The molecule has 1 aliphatic carbocycles. The van der Waals surface area contributed by atoms with Crippen molar-refractivity contribution in [2.24, 2.45) is 5.92 Å². The minimum absolute atomic E-state index is 0.0550. The molecule has 0 amide bonds. The van der Waals surface area contributed by atoms with Crippen LogP contribution >= 0.6 is 0 Å². The van der Waals surface area contributed by atoms with E-state index in [1.54, 1.807) is 0 Å². The van der Waals surface area contributed by atoms with Crippen LogP contribution in [-0.4, -0.2) is 12.6 Å². The molecule has 1 saturated carbocycles. The van der Waals surface area contributed by atoms with E-state index >= 15 is 0 Å². The Hall–Kier alpha value is -0.530. The van der Waals surface area contributed by atoms with Gasteiger partial charge in [0, 0.05) is 6.42 Å². The lowest BCUT2D eigenvalue weighted by Crippen LogP contribution is -2.16. The molecule has 2 nitrogen and oxygen atoms in total. The average Bonchev–Trinajstić information content (AvgIpc) is 2.30. The van der Waals surface area contributed by atoms with E-state index in [2.05, 4.69) is 0 Å². The van der Waals surface area contributed by atoms with Crippen molar-refractivity contribution >= 4 is 5.97 Å². The Bertz CT molecular complexity index is 137. The van der Waals surface area contributed by atoms with E-state index in [-0.39, 0.29) is 5.97 Å². The van der Waals surface area contributed by atoms with Gasteiger partial charge in [0.1, 0.15) is 0 Å². The molecular formula is C12H24O2.